The second kappa shape index (κ2) is 16.2. The molecule has 0 aromatic rings. The Morgan fingerprint density at radius 1 is 0.580 bits per heavy atom. The Kier molecular flexibility index (Phi) is 14.0. The zero-order chi connectivity index (χ0) is 38.7. The summed E-state index contributed by atoms with van der Waals surface area (Å²) < 4.78 is 40.2. The van der Waals surface area contributed by atoms with Crippen LogP contribution in [0, 0.1) is 21.7 Å². The van der Waals surface area contributed by atoms with Crippen LogP contribution in [0.2, 0.25) is 0 Å². The van der Waals surface area contributed by atoms with Crippen LogP contribution in [0.5, 0.6) is 0 Å². The number of hydrogen-bond acceptors (Lipinski definition) is 15. The molecule has 0 bridgehead atoms. The zero-order valence-electron chi connectivity index (χ0n) is 31.4. The van der Waals surface area contributed by atoms with Crippen molar-refractivity contribution in [1.29, 1.82) is 0 Å². The largest absolute Gasteiger partial charge is 0.462 e. The number of aliphatic hydroxyl groups excluding tert-OH is 3. The van der Waals surface area contributed by atoms with Gasteiger partial charge in [-0.3, -0.25) is 24.0 Å². The number of nitrogens with one attached hydrogen (secondary N) is 1. The highest BCUT2D eigenvalue weighted by Gasteiger charge is 2.55. The van der Waals surface area contributed by atoms with Crippen molar-refractivity contribution in [2.75, 3.05) is 13.2 Å². The molecule has 4 N–H and O–H groups in total. The molecule has 2 fully saturated rings. The van der Waals surface area contributed by atoms with Crippen molar-refractivity contribution in [1.82, 2.24) is 5.32 Å². The summed E-state index contributed by atoms with van der Waals surface area (Å²) >= 11 is 0. The zero-order valence-corrected chi connectivity index (χ0v) is 31.4. The van der Waals surface area contributed by atoms with E-state index in [4.69, 9.17) is 33.2 Å². The Morgan fingerprint density at radius 2 is 1.00 bits per heavy atom. The summed E-state index contributed by atoms with van der Waals surface area (Å²) in [6.45, 7) is 19.2. The molecule has 1 amide bonds. The van der Waals surface area contributed by atoms with Gasteiger partial charge < -0.3 is 53.8 Å². The van der Waals surface area contributed by atoms with E-state index in [-0.39, 0.29) is 0 Å². The average Bonchev–Trinajstić information content (AvgIpc) is 2.95. The third-order valence-electron chi connectivity index (χ3n) is 7.66. The molecule has 0 spiro atoms. The van der Waals surface area contributed by atoms with Gasteiger partial charge in [0.2, 0.25) is 5.91 Å². The highest BCUT2D eigenvalue weighted by Crippen LogP contribution is 2.34. The van der Waals surface area contributed by atoms with Crippen LogP contribution in [0.15, 0.2) is 0 Å². The Hall–Kier alpha value is -2.89. The summed E-state index contributed by atoms with van der Waals surface area (Å²) in [6.07, 6.45) is -14.8. The first-order valence-corrected chi connectivity index (χ1v) is 16.6. The van der Waals surface area contributed by atoms with Crippen LogP contribution in [0.1, 0.15) is 90.0 Å². The van der Waals surface area contributed by atoms with Crippen LogP contribution in [0.3, 0.4) is 0 Å². The van der Waals surface area contributed by atoms with E-state index >= 15 is 0 Å². The smallest absolute Gasteiger partial charge is 0.311 e. The molecule has 16 nitrogen and oxygen atoms in total. The van der Waals surface area contributed by atoms with Gasteiger partial charge in [-0.15, -0.1) is 0 Å². The van der Waals surface area contributed by atoms with Crippen molar-refractivity contribution in [3.63, 3.8) is 0 Å². The van der Waals surface area contributed by atoms with Gasteiger partial charge in [0.15, 0.2) is 24.8 Å². The maximum absolute atomic E-state index is 13.3. The van der Waals surface area contributed by atoms with Crippen LogP contribution in [-0.2, 0) is 57.1 Å². The molecule has 10 atom stereocenters. The van der Waals surface area contributed by atoms with Gasteiger partial charge in [-0.05, 0) is 83.1 Å². The minimum atomic E-state index is -1.89. The van der Waals surface area contributed by atoms with Gasteiger partial charge in [0.05, 0.1) is 21.7 Å². The predicted molar refractivity (Wildman–Crippen MR) is 174 cm³/mol. The maximum Gasteiger partial charge on any atom is 0.311 e. The average molecular weight is 720 g/mol. The fourth-order valence-electron chi connectivity index (χ4n) is 4.54. The third kappa shape index (κ3) is 11.6. The molecule has 0 aliphatic carbocycles. The monoisotopic (exact) mass is 719 g/mol. The van der Waals surface area contributed by atoms with E-state index in [1.54, 1.807) is 83.1 Å². The van der Waals surface area contributed by atoms with E-state index in [0.29, 0.717) is 0 Å². The number of hydrogen-bond donors (Lipinski definition) is 4. The number of amides is 1. The Balaban J connectivity index is 2.64. The fraction of sp³-hybridized carbons (Fsp3) is 0.853. The SMILES string of the molecule is CC(=O)N[C@@H]1[C@@H](OC(=O)C(C)(C)C)[C@H](O[C@@H]2O[C@H](COC(=O)C(C)(C)C)[C@H](O)[C@H](OC(=O)C(C)(C)C)[C@H]2O)[C@@H](COC(=O)C(C)(C)C)O[C@H]1O. The lowest BCUT2D eigenvalue weighted by Gasteiger charge is -2.48. The lowest BCUT2D eigenvalue weighted by Crippen LogP contribution is -2.68. The summed E-state index contributed by atoms with van der Waals surface area (Å²) in [6, 6.07) is -1.43. The Labute approximate surface area is 293 Å². The van der Waals surface area contributed by atoms with Crippen molar-refractivity contribution < 1.29 is 72.5 Å². The van der Waals surface area contributed by atoms with Gasteiger partial charge in [-0.1, -0.05) is 0 Å². The molecule has 2 rings (SSSR count). The number of ether oxygens (including phenoxy) is 7. The number of rotatable bonds is 9. The van der Waals surface area contributed by atoms with E-state index < -0.39 is 126 Å². The molecule has 2 saturated heterocycles. The van der Waals surface area contributed by atoms with Crippen molar-refractivity contribution in [2.45, 2.75) is 151 Å². The van der Waals surface area contributed by atoms with E-state index in [9.17, 15) is 39.3 Å². The molecule has 2 heterocycles. The molecule has 0 saturated carbocycles. The normalized spacial score (nSPS) is 30.9. The third-order valence-corrected chi connectivity index (χ3v) is 7.66. The molecule has 2 aliphatic rings. The van der Waals surface area contributed by atoms with Crippen molar-refractivity contribution in [3.8, 4) is 0 Å². The molecule has 16 heteroatoms. The molecular formula is C34H57NO15. The predicted octanol–water partition coefficient (Wildman–Crippen LogP) is 1.13. The minimum Gasteiger partial charge on any atom is -0.462 e. The first-order chi connectivity index (χ1) is 22.5. The first-order valence-electron chi connectivity index (χ1n) is 16.6. The van der Waals surface area contributed by atoms with Gasteiger partial charge in [0.25, 0.3) is 0 Å². The van der Waals surface area contributed by atoms with E-state index in [0.717, 1.165) is 6.92 Å². The molecule has 0 unspecified atom stereocenters. The van der Waals surface area contributed by atoms with E-state index in [2.05, 4.69) is 5.32 Å². The van der Waals surface area contributed by atoms with E-state index in [1.807, 2.05) is 0 Å². The quantitative estimate of drug-likeness (QED) is 0.194. The van der Waals surface area contributed by atoms with Crippen LogP contribution in [-0.4, -0.2) is 120 Å². The minimum absolute atomic E-state index is 0.545. The van der Waals surface area contributed by atoms with Gasteiger partial charge in [-0.25, -0.2) is 0 Å². The van der Waals surface area contributed by atoms with Crippen LogP contribution >= 0.6 is 0 Å². The summed E-state index contributed by atoms with van der Waals surface area (Å²) in [7, 11) is 0. The summed E-state index contributed by atoms with van der Waals surface area (Å²) in [4.78, 5) is 63.8. The number of esters is 4. The standard InChI is InChI=1S/C34H57NO15/c1-16(36)35-19-23(49-29(42)33(8,9)10)22(18(46-25(19)39)15-45-28(41)32(5,6)7)48-26-21(38)24(50-30(43)34(11,12)13)20(37)17(47-26)14-44-27(40)31(2,3)4/h17-26,37-39H,14-15H2,1-13H3,(H,35,36)/t17-,18-,19-,20+,21-,22-,23-,24+,25-,26+/m1/s1. The second-order valence-corrected chi connectivity index (χ2v) is 16.9. The molecule has 50 heavy (non-hydrogen) atoms. The summed E-state index contributed by atoms with van der Waals surface area (Å²) in [5, 5.41) is 36.2. The molecular weight excluding hydrogens is 662 g/mol. The van der Waals surface area contributed by atoms with Crippen LogP contribution < -0.4 is 5.32 Å². The highest BCUT2D eigenvalue weighted by molar-refractivity contribution is 5.77. The molecule has 0 aromatic carbocycles. The second-order valence-electron chi connectivity index (χ2n) is 16.9. The first kappa shape index (κ1) is 43.3. The van der Waals surface area contributed by atoms with Gasteiger partial charge in [-0.2, -0.15) is 0 Å². The molecule has 0 radical (unpaired) electrons. The summed E-state index contributed by atoms with van der Waals surface area (Å²) in [5.74, 6) is -3.46. The number of carbonyl (C=O) groups is 5. The topological polar surface area (TPSA) is 223 Å². The fourth-order valence-corrected chi connectivity index (χ4v) is 4.54. The van der Waals surface area contributed by atoms with Crippen molar-refractivity contribution in [3.05, 3.63) is 0 Å². The van der Waals surface area contributed by atoms with Crippen molar-refractivity contribution in [2.24, 2.45) is 21.7 Å². The van der Waals surface area contributed by atoms with E-state index in [1.165, 1.54) is 0 Å². The maximum atomic E-state index is 13.3. The summed E-state index contributed by atoms with van der Waals surface area (Å²) in [5.41, 5.74) is -4.01. The molecule has 0 aromatic heterocycles. The molecule has 2 aliphatic heterocycles. The lowest BCUT2D eigenvalue weighted by atomic mass is 9.93. The number of carbonyl (C=O) groups excluding carboxylic acids is 5. The van der Waals surface area contributed by atoms with Gasteiger partial charge >= 0.3 is 23.9 Å². The van der Waals surface area contributed by atoms with Crippen molar-refractivity contribution >= 4 is 29.8 Å². The molecule has 288 valence electrons. The van der Waals surface area contributed by atoms with Gasteiger partial charge in [0, 0.05) is 6.92 Å². The lowest BCUT2D eigenvalue weighted by molar-refractivity contribution is -0.347. The Morgan fingerprint density at radius 3 is 1.42 bits per heavy atom. The highest BCUT2D eigenvalue weighted by atomic mass is 16.7. The number of aliphatic hydroxyl groups is 3. The Bertz CT molecular complexity index is 1220. The van der Waals surface area contributed by atoms with Crippen LogP contribution in [0.4, 0.5) is 0 Å². The van der Waals surface area contributed by atoms with Crippen LogP contribution in [0.25, 0.3) is 0 Å². The van der Waals surface area contributed by atoms with Gasteiger partial charge in [0.1, 0.15) is 49.8 Å².